The minimum Gasteiger partial charge on any atom is -0.377 e. The summed E-state index contributed by atoms with van der Waals surface area (Å²) in [7, 11) is 0. The highest BCUT2D eigenvalue weighted by atomic mass is 32.1. The fourth-order valence-electron chi connectivity index (χ4n) is 1.41. The summed E-state index contributed by atoms with van der Waals surface area (Å²) < 4.78 is 20.4. The number of hydrogen-bond donors (Lipinski definition) is 4. The van der Waals surface area contributed by atoms with Crippen LogP contribution in [0.3, 0.4) is 0 Å². The lowest BCUT2D eigenvalue weighted by molar-refractivity contribution is -0.127. The fraction of sp³-hybridized carbons (Fsp3) is 0.786. The van der Waals surface area contributed by atoms with Crippen molar-refractivity contribution in [1.82, 2.24) is 10.6 Å². The average Bonchev–Trinajstić information content (AvgIpc) is 2.58. The molecule has 0 heterocycles. The first kappa shape index (κ1) is 23.6. The van der Waals surface area contributed by atoms with Crippen LogP contribution >= 0.6 is 12.6 Å². The van der Waals surface area contributed by atoms with E-state index in [0.717, 1.165) is 0 Å². The largest absolute Gasteiger partial charge is 0.377 e. The zero-order valence-electron chi connectivity index (χ0n) is 14.2. The average molecular weight is 381 g/mol. The van der Waals surface area contributed by atoms with Crippen LogP contribution in [0.1, 0.15) is 0 Å². The van der Waals surface area contributed by atoms with Gasteiger partial charge < -0.3 is 35.3 Å². The maximum Gasteiger partial charge on any atom is 0.246 e. The van der Waals surface area contributed by atoms with Gasteiger partial charge in [-0.3, -0.25) is 14.4 Å². The van der Waals surface area contributed by atoms with Crippen LogP contribution in [0.5, 0.6) is 0 Å². The van der Waals surface area contributed by atoms with Crippen molar-refractivity contribution in [3.05, 3.63) is 0 Å². The first-order chi connectivity index (χ1) is 12.1. The van der Waals surface area contributed by atoms with Crippen LogP contribution in [-0.2, 0) is 33.3 Å². The van der Waals surface area contributed by atoms with Crippen LogP contribution in [0, 0.1) is 0 Å². The molecular formula is C14H27N3O7S. The molecule has 10 nitrogen and oxygen atoms in total. The Bertz CT molecular complexity index is 385. The zero-order valence-corrected chi connectivity index (χ0v) is 15.1. The topological polar surface area (TPSA) is 138 Å². The summed E-state index contributed by atoms with van der Waals surface area (Å²) in [4.78, 5) is 32.7. The molecule has 0 aromatic rings. The van der Waals surface area contributed by atoms with Crippen LogP contribution in [0.2, 0.25) is 0 Å². The molecule has 0 aromatic heterocycles. The lowest BCUT2D eigenvalue weighted by Gasteiger charge is -2.08. The lowest BCUT2D eigenvalue weighted by atomic mass is 10.5. The first-order valence-electron chi connectivity index (χ1n) is 7.79. The summed E-state index contributed by atoms with van der Waals surface area (Å²) >= 11 is 3.82. The van der Waals surface area contributed by atoms with E-state index in [1.54, 1.807) is 0 Å². The second-order valence-corrected chi connectivity index (χ2v) is 4.97. The number of nitrogens with two attached hydrogens (primary N) is 1. The molecule has 0 aromatic carbocycles. The van der Waals surface area contributed by atoms with Gasteiger partial charge in [0.25, 0.3) is 0 Å². The van der Waals surface area contributed by atoms with E-state index >= 15 is 0 Å². The summed E-state index contributed by atoms with van der Waals surface area (Å²) in [6.07, 6.45) is 0. The van der Waals surface area contributed by atoms with Gasteiger partial charge in [0.1, 0.15) is 13.2 Å². The van der Waals surface area contributed by atoms with Gasteiger partial charge >= 0.3 is 0 Å². The summed E-state index contributed by atoms with van der Waals surface area (Å²) in [5, 5.41) is 5.23. The third-order valence-corrected chi connectivity index (χ3v) is 2.79. The SMILES string of the molecule is NC(=O)COCCOCCNC(=O)COCCOCCNC(=O)CS. The van der Waals surface area contributed by atoms with Gasteiger partial charge in [-0.1, -0.05) is 0 Å². The number of carbonyl (C=O) groups is 3. The predicted molar refractivity (Wildman–Crippen MR) is 92.3 cm³/mol. The maximum atomic E-state index is 11.4. The van der Waals surface area contributed by atoms with Crippen molar-refractivity contribution in [2.45, 2.75) is 0 Å². The van der Waals surface area contributed by atoms with E-state index in [4.69, 9.17) is 24.7 Å². The van der Waals surface area contributed by atoms with Crippen molar-refractivity contribution in [2.24, 2.45) is 5.73 Å². The van der Waals surface area contributed by atoms with Gasteiger partial charge in [0.05, 0.1) is 45.4 Å². The number of thiol groups is 1. The quantitative estimate of drug-likeness (QED) is 0.164. The molecule has 11 heteroatoms. The van der Waals surface area contributed by atoms with Gasteiger partial charge in [-0.05, 0) is 0 Å². The number of amides is 3. The Morgan fingerprint density at radius 1 is 0.720 bits per heavy atom. The van der Waals surface area contributed by atoms with E-state index in [0.29, 0.717) is 39.5 Å². The third-order valence-electron chi connectivity index (χ3n) is 2.50. The molecule has 3 amide bonds. The molecule has 146 valence electrons. The van der Waals surface area contributed by atoms with Crippen LogP contribution in [0.25, 0.3) is 0 Å². The normalized spacial score (nSPS) is 10.4. The van der Waals surface area contributed by atoms with Crippen molar-refractivity contribution < 1.29 is 33.3 Å². The molecule has 0 atom stereocenters. The molecule has 0 saturated heterocycles. The Morgan fingerprint density at radius 3 is 1.72 bits per heavy atom. The molecule has 0 bridgehead atoms. The Labute approximate surface area is 152 Å². The molecular weight excluding hydrogens is 354 g/mol. The molecule has 0 aliphatic rings. The van der Waals surface area contributed by atoms with E-state index in [-0.39, 0.29) is 44.0 Å². The molecule has 25 heavy (non-hydrogen) atoms. The van der Waals surface area contributed by atoms with E-state index in [9.17, 15) is 14.4 Å². The van der Waals surface area contributed by atoms with Crippen LogP contribution in [0.15, 0.2) is 0 Å². The Kier molecular flexibility index (Phi) is 16.4. The van der Waals surface area contributed by atoms with Crippen molar-refractivity contribution in [2.75, 3.05) is 71.7 Å². The summed E-state index contributed by atoms with van der Waals surface area (Å²) in [5.74, 6) is -0.790. The Morgan fingerprint density at radius 2 is 1.20 bits per heavy atom. The smallest absolute Gasteiger partial charge is 0.246 e. The number of hydrogen-bond acceptors (Lipinski definition) is 8. The molecule has 0 aliphatic heterocycles. The minimum absolute atomic E-state index is 0.0680. The molecule has 0 rings (SSSR count). The Hall–Kier alpha value is -1.40. The van der Waals surface area contributed by atoms with E-state index in [1.165, 1.54) is 0 Å². The molecule has 0 fully saturated rings. The third kappa shape index (κ3) is 18.8. The highest BCUT2D eigenvalue weighted by Gasteiger charge is 2.01. The Balaban J connectivity index is 3.23. The van der Waals surface area contributed by atoms with Crippen molar-refractivity contribution in [1.29, 1.82) is 0 Å². The van der Waals surface area contributed by atoms with Crippen molar-refractivity contribution in [3.63, 3.8) is 0 Å². The van der Waals surface area contributed by atoms with Gasteiger partial charge in [0, 0.05) is 13.1 Å². The number of primary amides is 1. The molecule has 0 saturated carbocycles. The fourth-order valence-corrected chi connectivity index (χ4v) is 1.52. The number of rotatable bonds is 17. The van der Waals surface area contributed by atoms with Gasteiger partial charge in [-0.25, -0.2) is 0 Å². The number of nitrogens with one attached hydrogen (secondary N) is 2. The molecule has 4 N–H and O–H groups in total. The van der Waals surface area contributed by atoms with E-state index in [1.807, 2.05) is 0 Å². The van der Waals surface area contributed by atoms with Crippen LogP contribution in [-0.4, -0.2) is 89.4 Å². The molecule has 0 radical (unpaired) electrons. The van der Waals surface area contributed by atoms with Gasteiger partial charge in [-0.15, -0.1) is 0 Å². The number of ether oxygens (including phenoxy) is 4. The monoisotopic (exact) mass is 381 g/mol. The summed E-state index contributed by atoms with van der Waals surface area (Å²) in [6.45, 7) is 2.44. The van der Waals surface area contributed by atoms with Gasteiger partial charge in [0.2, 0.25) is 17.7 Å². The van der Waals surface area contributed by atoms with Crippen LogP contribution in [0.4, 0.5) is 0 Å². The molecule has 0 unspecified atom stereocenters. The summed E-state index contributed by atoms with van der Waals surface area (Å²) in [5.41, 5.74) is 4.90. The number of carbonyl (C=O) groups excluding carboxylic acids is 3. The molecule has 0 aliphatic carbocycles. The summed E-state index contributed by atoms with van der Waals surface area (Å²) in [6, 6.07) is 0. The standard InChI is InChI=1S/C14H27N3O7S/c15-12(18)9-23-7-5-21-3-1-16-13(19)10-24-8-6-22-4-2-17-14(20)11-25/h25H,1-11H2,(H2,15,18)(H,16,19)(H,17,20). The van der Waals surface area contributed by atoms with Gasteiger partial charge in [0.15, 0.2) is 0 Å². The van der Waals surface area contributed by atoms with Crippen molar-refractivity contribution >= 4 is 30.4 Å². The van der Waals surface area contributed by atoms with E-state index < -0.39 is 5.91 Å². The maximum absolute atomic E-state index is 11.4. The minimum atomic E-state index is -0.530. The first-order valence-corrected chi connectivity index (χ1v) is 8.43. The molecule has 0 spiro atoms. The zero-order chi connectivity index (χ0) is 18.8. The van der Waals surface area contributed by atoms with Crippen molar-refractivity contribution in [3.8, 4) is 0 Å². The highest BCUT2D eigenvalue weighted by Crippen LogP contribution is 1.81. The highest BCUT2D eigenvalue weighted by molar-refractivity contribution is 7.81. The second kappa shape index (κ2) is 17.4. The van der Waals surface area contributed by atoms with E-state index in [2.05, 4.69) is 23.3 Å². The van der Waals surface area contributed by atoms with Gasteiger partial charge in [-0.2, -0.15) is 12.6 Å². The lowest BCUT2D eigenvalue weighted by Crippen LogP contribution is -2.31. The van der Waals surface area contributed by atoms with Crippen LogP contribution < -0.4 is 16.4 Å². The second-order valence-electron chi connectivity index (χ2n) is 4.65. The predicted octanol–water partition coefficient (Wildman–Crippen LogP) is -2.30.